The van der Waals surface area contributed by atoms with Crippen molar-refractivity contribution in [2.24, 2.45) is 0 Å². The van der Waals surface area contributed by atoms with Gasteiger partial charge in [-0.05, 0) is 6.42 Å². The van der Waals surface area contributed by atoms with Crippen LogP contribution < -0.4 is 0 Å². The molecule has 0 aliphatic carbocycles. The van der Waals surface area contributed by atoms with E-state index in [0.717, 1.165) is 23.7 Å². The Balaban J connectivity index is 2.25. The molecule has 82 valence electrons. The van der Waals surface area contributed by atoms with Crippen LogP contribution in [-0.4, -0.2) is 28.7 Å². The van der Waals surface area contributed by atoms with Gasteiger partial charge in [0.25, 0.3) is 0 Å². The Labute approximate surface area is 98.7 Å². The fourth-order valence-corrected chi connectivity index (χ4v) is 2.34. The molecule has 0 unspecified atom stereocenters. The lowest BCUT2D eigenvalue weighted by atomic mass is 10.1. The van der Waals surface area contributed by atoms with Gasteiger partial charge >= 0.3 is 5.97 Å². The van der Waals surface area contributed by atoms with Crippen LogP contribution in [0.5, 0.6) is 0 Å². The van der Waals surface area contributed by atoms with Crippen LogP contribution in [0, 0.1) is 0 Å². The second-order valence-corrected chi connectivity index (χ2v) is 4.50. The third kappa shape index (κ3) is 4.13. The van der Waals surface area contributed by atoms with Crippen LogP contribution in [0.1, 0.15) is 33.1 Å². The smallest absolute Gasteiger partial charge is 0.302 e. The van der Waals surface area contributed by atoms with E-state index in [9.17, 15) is 4.79 Å². The molecule has 0 radical (unpaired) electrons. The summed E-state index contributed by atoms with van der Waals surface area (Å²) in [6.07, 6.45) is 3.61. The van der Waals surface area contributed by atoms with Crippen LogP contribution in [-0.2, 0) is 14.3 Å². The average Bonchev–Trinajstić information content (AvgIpc) is 2.82. The van der Waals surface area contributed by atoms with Gasteiger partial charge in [0.2, 0.25) is 0 Å². The standard InChI is InChI=1S/C10H17IO3/c1-3-4-8(13-7(2)12)5-9-10(6-11)14-9/h8-10H,3-6H2,1-2H3/t8-,9-,10-/m1/s1. The van der Waals surface area contributed by atoms with Crippen molar-refractivity contribution >= 4 is 28.6 Å². The molecule has 1 aliphatic heterocycles. The van der Waals surface area contributed by atoms with Crippen molar-refractivity contribution in [1.82, 2.24) is 0 Å². The zero-order valence-corrected chi connectivity index (χ0v) is 10.8. The van der Waals surface area contributed by atoms with Gasteiger partial charge in [-0.25, -0.2) is 0 Å². The maximum Gasteiger partial charge on any atom is 0.302 e. The second kappa shape index (κ2) is 5.90. The Morgan fingerprint density at radius 1 is 1.57 bits per heavy atom. The van der Waals surface area contributed by atoms with Gasteiger partial charge in [-0.3, -0.25) is 4.79 Å². The maximum atomic E-state index is 10.8. The minimum atomic E-state index is -0.185. The molecular formula is C10H17IO3. The molecule has 3 nitrogen and oxygen atoms in total. The van der Waals surface area contributed by atoms with Crippen molar-refractivity contribution in [3.05, 3.63) is 0 Å². The molecular weight excluding hydrogens is 295 g/mol. The first-order chi connectivity index (χ1) is 6.67. The quantitative estimate of drug-likeness (QED) is 0.327. The van der Waals surface area contributed by atoms with Crippen LogP contribution in [0.3, 0.4) is 0 Å². The largest absolute Gasteiger partial charge is 0.462 e. The zero-order chi connectivity index (χ0) is 10.6. The van der Waals surface area contributed by atoms with Crippen LogP contribution in [0.2, 0.25) is 0 Å². The van der Waals surface area contributed by atoms with E-state index in [4.69, 9.17) is 9.47 Å². The van der Waals surface area contributed by atoms with E-state index in [2.05, 4.69) is 29.5 Å². The van der Waals surface area contributed by atoms with Crippen LogP contribution in [0.15, 0.2) is 0 Å². The maximum absolute atomic E-state index is 10.8. The molecule has 0 saturated carbocycles. The Morgan fingerprint density at radius 2 is 2.29 bits per heavy atom. The summed E-state index contributed by atoms with van der Waals surface area (Å²) in [5, 5.41) is 0. The molecule has 0 aromatic rings. The number of hydrogen-bond acceptors (Lipinski definition) is 3. The molecule has 14 heavy (non-hydrogen) atoms. The van der Waals surface area contributed by atoms with E-state index in [0.29, 0.717) is 12.2 Å². The minimum Gasteiger partial charge on any atom is -0.462 e. The number of esters is 1. The zero-order valence-electron chi connectivity index (χ0n) is 8.66. The first-order valence-electron chi connectivity index (χ1n) is 5.06. The number of halogens is 1. The predicted molar refractivity (Wildman–Crippen MR) is 62.6 cm³/mol. The van der Waals surface area contributed by atoms with Crippen molar-refractivity contribution in [2.45, 2.75) is 51.4 Å². The molecule has 0 amide bonds. The van der Waals surface area contributed by atoms with E-state index in [1.807, 2.05) is 0 Å². The first kappa shape index (κ1) is 12.2. The number of rotatable bonds is 6. The second-order valence-electron chi connectivity index (χ2n) is 3.62. The summed E-state index contributed by atoms with van der Waals surface area (Å²) in [7, 11) is 0. The van der Waals surface area contributed by atoms with Crippen LogP contribution in [0.4, 0.5) is 0 Å². The Hall–Kier alpha value is 0.160. The highest BCUT2D eigenvalue weighted by Crippen LogP contribution is 2.30. The summed E-state index contributed by atoms with van der Waals surface area (Å²) in [4.78, 5) is 10.8. The van der Waals surface area contributed by atoms with Crippen molar-refractivity contribution in [3.8, 4) is 0 Å². The van der Waals surface area contributed by atoms with Crippen LogP contribution in [0.25, 0.3) is 0 Å². The van der Waals surface area contributed by atoms with Crippen molar-refractivity contribution in [3.63, 3.8) is 0 Å². The van der Waals surface area contributed by atoms with Gasteiger partial charge in [0.1, 0.15) is 6.10 Å². The van der Waals surface area contributed by atoms with Gasteiger partial charge in [-0.15, -0.1) is 0 Å². The summed E-state index contributed by atoms with van der Waals surface area (Å²) in [5.41, 5.74) is 0. The highest BCUT2D eigenvalue weighted by molar-refractivity contribution is 14.1. The summed E-state index contributed by atoms with van der Waals surface area (Å²) < 4.78 is 11.7. The summed E-state index contributed by atoms with van der Waals surface area (Å²) in [6.45, 7) is 3.56. The monoisotopic (exact) mass is 312 g/mol. The highest BCUT2D eigenvalue weighted by atomic mass is 127. The molecule has 3 atom stereocenters. The summed E-state index contributed by atoms with van der Waals surface area (Å²) in [5.74, 6) is -0.185. The first-order valence-corrected chi connectivity index (χ1v) is 6.58. The molecule has 0 N–H and O–H groups in total. The van der Waals surface area contributed by atoms with Crippen molar-refractivity contribution < 1.29 is 14.3 Å². The molecule has 1 aliphatic rings. The fourth-order valence-electron chi connectivity index (χ4n) is 1.56. The number of carbonyl (C=O) groups excluding carboxylic acids is 1. The molecule has 0 aromatic carbocycles. The molecule has 0 bridgehead atoms. The van der Waals surface area contributed by atoms with Gasteiger partial charge in [0, 0.05) is 17.8 Å². The summed E-state index contributed by atoms with van der Waals surface area (Å²) in [6, 6.07) is 0. The molecule has 0 spiro atoms. The molecule has 1 fully saturated rings. The van der Waals surface area contributed by atoms with E-state index in [1.54, 1.807) is 0 Å². The number of carbonyl (C=O) groups is 1. The highest BCUT2D eigenvalue weighted by Gasteiger charge is 2.39. The number of ether oxygens (including phenoxy) is 2. The van der Waals surface area contributed by atoms with Crippen LogP contribution >= 0.6 is 22.6 Å². The van der Waals surface area contributed by atoms with Gasteiger partial charge in [0.15, 0.2) is 0 Å². The fraction of sp³-hybridized carbons (Fsp3) is 0.900. The topological polar surface area (TPSA) is 38.8 Å². The third-order valence-corrected chi connectivity index (χ3v) is 3.15. The Morgan fingerprint density at radius 3 is 2.71 bits per heavy atom. The molecule has 0 aromatic heterocycles. The molecule has 1 rings (SSSR count). The number of hydrogen-bond donors (Lipinski definition) is 0. The van der Waals surface area contributed by atoms with Gasteiger partial charge in [-0.2, -0.15) is 0 Å². The Bertz CT molecular complexity index is 196. The lowest BCUT2D eigenvalue weighted by Crippen LogP contribution is -2.19. The summed E-state index contributed by atoms with van der Waals surface area (Å²) >= 11 is 2.32. The molecule has 4 heteroatoms. The normalized spacial score (nSPS) is 27.1. The van der Waals surface area contributed by atoms with Crippen molar-refractivity contribution in [2.75, 3.05) is 4.43 Å². The molecule has 1 heterocycles. The lowest BCUT2D eigenvalue weighted by molar-refractivity contribution is -0.147. The SMILES string of the molecule is CCC[C@H](C[C@H]1O[C@@H]1CI)OC(C)=O. The average molecular weight is 312 g/mol. The number of alkyl halides is 1. The van der Waals surface area contributed by atoms with E-state index >= 15 is 0 Å². The third-order valence-electron chi connectivity index (χ3n) is 2.28. The molecule has 1 saturated heterocycles. The Kier molecular flexibility index (Phi) is 5.15. The van der Waals surface area contributed by atoms with Gasteiger partial charge in [0.05, 0.1) is 12.2 Å². The van der Waals surface area contributed by atoms with E-state index < -0.39 is 0 Å². The minimum absolute atomic E-state index is 0.0513. The predicted octanol–water partition coefficient (Wildman–Crippen LogP) is 2.31. The van der Waals surface area contributed by atoms with E-state index in [-0.39, 0.29) is 12.1 Å². The van der Waals surface area contributed by atoms with Gasteiger partial charge in [-0.1, -0.05) is 35.9 Å². The number of epoxide rings is 1. The van der Waals surface area contributed by atoms with Crippen molar-refractivity contribution in [1.29, 1.82) is 0 Å². The lowest BCUT2D eigenvalue weighted by Gasteiger charge is -2.14. The van der Waals surface area contributed by atoms with E-state index in [1.165, 1.54) is 6.92 Å². The van der Waals surface area contributed by atoms with Gasteiger partial charge < -0.3 is 9.47 Å².